The Morgan fingerprint density at radius 1 is 1.19 bits per heavy atom. The van der Waals surface area contributed by atoms with E-state index in [2.05, 4.69) is 26.0 Å². The van der Waals surface area contributed by atoms with Crippen LogP contribution in [-0.4, -0.2) is 25.8 Å². The molecular formula is C15H10BrN3O2. The molecule has 0 spiro atoms. The van der Waals surface area contributed by atoms with Gasteiger partial charge in [0.25, 0.3) is 0 Å². The Morgan fingerprint density at radius 2 is 1.95 bits per heavy atom. The number of carbonyl (C=O) groups is 1. The van der Waals surface area contributed by atoms with Crippen molar-refractivity contribution in [3.8, 4) is 16.9 Å². The van der Waals surface area contributed by atoms with Crippen LogP contribution >= 0.6 is 15.9 Å². The second kappa shape index (κ2) is 5.49. The number of rotatable bonds is 3. The van der Waals surface area contributed by atoms with Gasteiger partial charge in [-0.2, -0.15) is 5.10 Å². The number of benzene rings is 1. The van der Waals surface area contributed by atoms with Gasteiger partial charge in [0.05, 0.1) is 17.6 Å². The Hall–Kier alpha value is -2.47. The second-order valence-corrected chi connectivity index (χ2v) is 5.27. The second-order valence-electron chi connectivity index (χ2n) is 4.35. The predicted molar refractivity (Wildman–Crippen MR) is 81.5 cm³/mol. The molecule has 0 amide bonds. The molecule has 3 aromatic rings. The van der Waals surface area contributed by atoms with E-state index in [0.717, 1.165) is 10.0 Å². The highest BCUT2D eigenvalue weighted by atomic mass is 79.9. The number of carboxylic acid groups (broad SMARTS) is 1. The summed E-state index contributed by atoms with van der Waals surface area (Å²) in [6, 6.07) is 12.8. The minimum Gasteiger partial charge on any atom is -0.476 e. The molecular weight excluding hydrogens is 334 g/mol. The summed E-state index contributed by atoms with van der Waals surface area (Å²) in [6.45, 7) is 0. The fourth-order valence-corrected chi connectivity index (χ4v) is 2.25. The molecule has 5 nitrogen and oxygen atoms in total. The van der Waals surface area contributed by atoms with Crippen LogP contribution in [0.1, 0.15) is 10.5 Å². The average Bonchev–Trinajstić information content (AvgIpc) is 2.94. The summed E-state index contributed by atoms with van der Waals surface area (Å²) in [5.74, 6) is -1.06. The standard InChI is InChI=1S/C15H10BrN3O2/c16-11-5-3-10(4-6-11)14-8-13(15(20)21)18-19(14)12-2-1-7-17-9-12/h1-9H,(H,20,21). The summed E-state index contributed by atoms with van der Waals surface area (Å²) in [7, 11) is 0. The molecule has 6 heteroatoms. The molecule has 2 aromatic heterocycles. The lowest BCUT2D eigenvalue weighted by molar-refractivity contribution is 0.0690. The van der Waals surface area contributed by atoms with E-state index in [1.54, 1.807) is 29.2 Å². The minimum absolute atomic E-state index is 0.00299. The summed E-state index contributed by atoms with van der Waals surface area (Å²) in [5, 5.41) is 13.3. The zero-order valence-corrected chi connectivity index (χ0v) is 12.4. The van der Waals surface area contributed by atoms with Gasteiger partial charge < -0.3 is 5.11 Å². The van der Waals surface area contributed by atoms with Gasteiger partial charge >= 0.3 is 5.97 Å². The van der Waals surface area contributed by atoms with Gasteiger partial charge in [-0.3, -0.25) is 4.98 Å². The number of pyridine rings is 1. The molecule has 1 N–H and O–H groups in total. The Balaban J connectivity index is 2.19. The summed E-state index contributed by atoms with van der Waals surface area (Å²) >= 11 is 3.38. The highest BCUT2D eigenvalue weighted by Gasteiger charge is 2.15. The molecule has 0 saturated carbocycles. The summed E-state index contributed by atoms with van der Waals surface area (Å²) in [5.41, 5.74) is 2.29. The molecule has 0 atom stereocenters. The number of aromatic carboxylic acids is 1. The molecule has 0 aliphatic carbocycles. The zero-order valence-electron chi connectivity index (χ0n) is 10.8. The quantitative estimate of drug-likeness (QED) is 0.791. The van der Waals surface area contributed by atoms with Crippen molar-refractivity contribution in [2.45, 2.75) is 0 Å². The van der Waals surface area contributed by atoms with Gasteiger partial charge in [0.1, 0.15) is 0 Å². The highest BCUT2D eigenvalue weighted by Crippen LogP contribution is 2.25. The zero-order chi connectivity index (χ0) is 14.8. The fraction of sp³-hybridized carbons (Fsp3) is 0. The summed E-state index contributed by atoms with van der Waals surface area (Å²) in [4.78, 5) is 15.2. The molecule has 0 radical (unpaired) electrons. The third kappa shape index (κ3) is 2.71. The van der Waals surface area contributed by atoms with Crippen LogP contribution in [0.2, 0.25) is 0 Å². The number of aromatic nitrogens is 3. The van der Waals surface area contributed by atoms with Crippen molar-refractivity contribution < 1.29 is 9.90 Å². The normalized spacial score (nSPS) is 10.5. The van der Waals surface area contributed by atoms with E-state index < -0.39 is 5.97 Å². The molecule has 1 aromatic carbocycles. The lowest BCUT2D eigenvalue weighted by atomic mass is 10.1. The molecule has 0 unspecified atom stereocenters. The van der Waals surface area contributed by atoms with Gasteiger partial charge in [-0.25, -0.2) is 9.48 Å². The largest absolute Gasteiger partial charge is 0.476 e. The predicted octanol–water partition coefficient (Wildman–Crippen LogP) is 3.40. The number of halogens is 1. The monoisotopic (exact) mass is 343 g/mol. The Labute approximate surface area is 129 Å². The van der Waals surface area contributed by atoms with Crippen molar-refractivity contribution in [1.82, 2.24) is 14.8 Å². The van der Waals surface area contributed by atoms with Crippen LogP contribution in [0.25, 0.3) is 16.9 Å². The topological polar surface area (TPSA) is 68.0 Å². The fourth-order valence-electron chi connectivity index (χ4n) is 1.99. The van der Waals surface area contributed by atoms with Gasteiger partial charge in [0.2, 0.25) is 0 Å². The van der Waals surface area contributed by atoms with Crippen molar-refractivity contribution in [1.29, 1.82) is 0 Å². The first-order valence-corrected chi connectivity index (χ1v) is 6.94. The van der Waals surface area contributed by atoms with Crippen LogP contribution in [0.3, 0.4) is 0 Å². The SMILES string of the molecule is O=C(O)c1cc(-c2ccc(Br)cc2)n(-c2cccnc2)n1. The van der Waals surface area contributed by atoms with E-state index in [1.807, 2.05) is 30.3 Å². The van der Waals surface area contributed by atoms with Crippen molar-refractivity contribution in [3.63, 3.8) is 0 Å². The summed E-state index contributed by atoms with van der Waals surface area (Å²) < 4.78 is 2.54. The minimum atomic E-state index is -1.06. The Morgan fingerprint density at radius 3 is 2.57 bits per heavy atom. The van der Waals surface area contributed by atoms with E-state index in [4.69, 9.17) is 5.11 Å². The van der Waals surface area contributed by atoms with Gasteiger partial charge in [-0.1, -0.05) is 28.1 Å². The van der Waals surface area contributed by atoms with Crippen LogP contribution < -0.4 is 0 Å². The molecule has 0 saturated heterocycles. The molecule has 0 fully saturated rings. The molecule has 2 heterocycles. The average molecular weight is 344 g/mol. The number of hydrogen-bond donors (Lipinski definition) is 1. The third-order valence-corrected chi connectivity index (χ3v) is 3.49. The number of nitrogens with zero attached hydrogens (tertiary/aromatic N) is 3. The number of hydrogen-bond acceptors (Lipinski definition) is 3. The van der Waals surface area contributed by atoms with Gasteiger partial charge in [-0.05, 0) is 30.3 Å². The van der Waals surface area contributed by atoms with Crippen molar-refractivity contribution in [3.05, 3.63) is 65.0 Å². The van der Waals surface area contributed by atoms with Crippen molar-refractivity contribution >= 4 is 21.9 Å². The van der Waals surface area contributed by atoms with E-state index >= 15 is 0 Å². The maximum absolute atomic E-state index is 11.2. The molecule has 0 aliphatic rings. The first-order valence-electron chi connectivity index (χ1n) is 6.15. The van der Waals surface area contributed by atoms with Crippen LogP contribution in [0.5, 0.6) is 0 Å². The Bertz CT molecular complexity index is 782. The lowest BCUT2D eigenvalue weighted by Gasteiger charge is -2.06. The molecule has 3 rings (SSSR count). The van der Waals surface area contributed by atoms with Crippen LogP contribution in [0.4, 0.5) is 0 Å². The van der Waals surface area contributed by atoms with Crippen LogP contribution in [0, 0.1) is 0 Å². The molecule has 0 aliphatic heterocycles. The molecule has 0 bridgehead atoms. The Kier molecular flexibility index (Phi) is 3.53. The third-order valence-electron chi connectivity index (χ3n) is 2.96. The van der Waals surface area contributed by atoms with E-state index in [-0.39, 0.29) is 5.69 Å². The highest BCUT2D eigenvalue weighted by molar-refractivity contribution is 9.10. The van der Waals surface area contributed by atoms with E-state index in [1.165, 1.54) is 0 Å². The van der Waals surface area contributed by atoms with E-state index in [0.29, 0.717) is 11.4 Å². The summed E-state index contributed by atoms with van der Waals surface area (Å²) in [6.07, 6.45) is 3.30. The van der Waals surface area contributed by atoms with Crippen molar-refractivity contribution in [2.75, 3.05) is 0 Å². The van der Waals surface area contributed by atoms with Crippen LogP contribution in [0.15, 0.2) is 59.3 Å². The van der Waals surface area contributed by atoms with E-state index in [9.17, 15) is 4.79 Å². The van der Waals surface area contributed by atoms with Crippen molar-refractivity contribution in [2.24, 2.45) is 0 Å². The van der Waals surface area contributed by atoms with Crippen LogP contribution in [-0.2, 0) is 0 Å². The molecule has 104 valence electrons. The van der Waals surface area contributed by atoms with Gasteiger partial charge in [-0.15, -0.1) is 0 Å². The van der Waals surface area contributed by atoms with Gasteiger partial charge in [0.15, 0.2) is 5.69 Å². The number of carboxylic acids is 1. The maximum Gasteiger partial charge on any atom is 0.356 e. The van der Waals surface area contributed by atoms with Gasteiger partial charge in [0, 0.05) is 16.2 Å². The molecule has 21 heavy (non-hydrogen) atoms. The maximum atomic E-state index is 11.2. The lowest BCUT2D eigenvalue weighted by Crippen LogP contribution is -2.02. The smallest absolute Gasteiger partial charge is 0.356 e. The first kappa shape index (κ1) is 13.5. The first-order chi connectivity index (χ1) is 10.1.